The molecule has 0 saturated heterocycles. The van der Waals surface area contributed by atoms with Crippen LogP contribution in [-0.2, 0) is 17.9 Å². The fourth-order valence-electron chi connectivity index (χ4n) is 4.91. The second-order valence-electron chi connectivity index (χ2n) is 10.3. The number of ether oxygens (including phenoxy) is 1. The lowest BCUT2D eigenvalue weighted by molar-refractivity contribution is -0.105. The van der Waals surface area contributed by atoms with E-state index in [0.29, 0.717) is 33.4 Å². The van der Waals surface area contributed by atoms with Crippen molar-refractivity contribution in [3.05, 3.63) is 116 Å². The predicted molar refractivity (Wildman–Crippen MR) is 167 cm³/mol. The number of halogens is 3. The molecule has 0 fully saturated rings. The van der Waals surface area contributed by atoms with E-state index in [1.807, 2.05) is 19.0 Å². The fraction of sp³-hybridized carbons (Fsp3) is 0.219. The van der Waals surface area contributed by atoms with E-state index < -0.39 is 40.8 Å². The SMILES string of the molecule is CNC.COc1cccc(-n2c(=O)c3c(CN(C)C)c(-c4ccc(NC=O)cc4)cn3n(Cc3c(F)cccc3F)c2=O)c1F. The molecule has 0 aliphatic rings. The first-order valence-corrected chi connectivity index (χ1v) is 13.8. The van der Waals surface area contributed by atoms with Crippen LogP contribution in [0.2, 0.25) is 0 Å². The quantitative estimate of drug-likeness (QED) is 0.242. The summed E-state index contributed by atoms with van der Waals surface area (Å²) < 4.78 is 53.1. The molecule has 0 bridgehead atoms. The number of carbonyl (C=O) groups is 1. The third-order valence-electron chi connectivity index (χ3n) is 6.84. The summed E-state index contributed by atoms with van der Waals surface area (Å²) in [6.45, 7) is -0.375. The summed E-state index contributed by atoms with van der Waals surface area (Å²) in [6, 6.07) is 14.1. The van der Waals surface area contributed by atoms with Gasteiger partial charge in [-0.1, -0.05) is 24.3 Å². The summed E-state index contributed by atoms with van der Waals surface area (Å²) in [5, 5.41) is 5.30. The molecule has 236 valence electrons. The van der Waals surface area contributed by atoms with E-state index in [9.17, 15) is 23.2 Å². The molecular weight excluding hydrogens is 589 g/mol. The van der Waals surface area contributed by atoms with Crippen molar-refractivity contribution in [3.8, 4) is 22.6 Å². The minimum Gasteiger partial charge on any atom is -0.494 e. The normalized spacial score (nSPS) is 11.0. The lowest BCUT2D eigenvalue weighted by Gasteiger charge is -2.17. The van der Waals surface area contributed by atoms with Gasteiger partial charge in [-0.2, -0.15) is 0 Å². The van der Waals surface area contributed by atoms with Gasteiger partial charge in [0.25, 0.3) is 5.56 Å². The van der Waals surface area contributed by atoms with Gasteiger partial charge in [-0.15, -0.1) is 0 Å². The third-order valence-corrected chi connectivity index (χ3v) is 6.84. The van der Waals surface area contributed by atoms with Crippen LogP contribution in [0.4, 0.5) is 18.9 Å². The molecular formula is C32H33F3N6O4. The smallest absolute Gasteiger partial charge is 0.351 e. The third kappa shape index (κ3) is 6.54. The molecule has 5 rings (SSSR count). The van der Waals surface area contributed by atoms with Gasteiger partial charge in [0.15, 0.2) is 11.6 Å². The van der Waals surface area contributed by atoms with Crippen molar-refractivity contribution in [3.63, 3.8) is 0 Å². The maximum Gasteiger partial charge on any atom is 0.351 e. The molecule has 1 amide bonds. The van der Waals surface area contributed by atoms with Crippen molar-refractivity contribution in [2.24, 2.45) is 0 Å². The largest absolute Gasteiger partial charge is 0.494 e. The Labute approximate surface area is 256 Å². The number of fused-ring (bicyclic) bond motifs is 1. The molecule has 0 aliphatic carbocycles. The van der Waals surface area contributed by atoms with Gasteiger partial charge in [0.1, 0.15) is 17.2 Å². The van der Waals surface area contributed by atoms with E-state index >= 15 is 4.39 Å². The lowest BCUT2D eigenvalue weighted by Crippen LogP contribution is -2.43. The minimum atomic E-state index is -1.02. The maximum atomic E-state index is 15.5. The number of nitrogens with zero attached hydrogens (tertiary/aromatic N) is 4. The average Bonchev–Trinajstić information content (AvgIpc) is 3.37. The Kier molecular flexibility index (Phi) is 10.3. The van der Waals surface area contributed by atoms with Crippen molar-refractivity contribution in [2.75, 3.05) is 40.6 Å². The zero-order valence-corrected chi connectivity index (χ0v) is 25.4. The van der Waals surface area contributed by atoms with Gasteiger partial charge in [-0.05, 0) is 70.2 Å². The summed E-state index contributed by atoms with van der Waals surface area (Å²) in [5.74, 6) is -2.93. The molecule has 0 aliphatic heterocycles. The summed E-state index contributed by atoms with van der Waals surface area (Å²) in [4.78, 5) is 40.8. The highest BCUT2D eigenvalue weighted by Crippen LogP contribution is 2.30. The summed E-state index contributed by atoms with van der Waals surface area (Å²) in [7, 11) is 8.57. The van der Waals surface area contributed by atoms with Crippen LogP contribution >= 0.6 is 0 Å². The highest BCUT2D eigenvalue weighted by molar-refractivity contribution is 5.79. The molecule has 0 unspecified atom stereocenters. The van der Waals surface area contributed by atoms with Crippen LogP contribution in [0.3, 0.4) is 0 Å². The monoisotopic (exact) mass is 622 g/mol. The van der Waals surface area contributed by atoms with Crippen molar-refractivity contribution in [1.29, 1.82) is 0 Å². The Morgan fingerprint density at radius 2 is 1.53 bits per heavy atom. The van der Waals surface area contributed by atoms with Gasteiger partial charge in [0, 0.05) is 35.1 Å². The topological polar surface area (TPSA) is 102 Å². The number of amides is 1. The number of anilines is 1. The zero-order valence-electron chi connectivity index (χ0n) is 25.4. The predicted octanol–water partition coefficient (Wildman–Crippen LogP) is 3.86. The first kappa shape index (κ1) is 32.8. The molecule has 13 heteroatoms. The highest BCUT2D eigenvalue weighted by atomic mass is 19.1. The Morgan fingerprint density at radius 3 is 2.11 bits per heavy atom. The molecule has 0 spiro atoms. The van der Waals surface area contributed by atoms with E-state index in [-0.39, 0.29) is 23.5 Å². The van der Waals surface area contributed by atoms with Crippen molar-refractivity contribution < 1.29 is 22.7 Å². The van der Waals surface area contributed by atoms with Crippen LogP contribution < -0.4 is 26.6 Å². The number of hydrogen-bond donors (Lipinski definition) is 2. The van der Waals surface area contributed by atoms with E-state index in [2.05, 4.69) is 10.6 Å². The van der Waals surface area contributed by atoms with Crippen LogP contribution in [0.5, 0.6) is 5.75 Å². The minimum absolute atomic E-state index is 0.00682. The van der Waals surface area contributed by atoms with Crippen LogP contribution in [0.25, 0.3) is 22.3 Å². The molecule has 2 heterocycles. The highest BCUT2D eigenvalue weighted by Gasteiger charge is 2.25. The summed E-state index contributed by atoms with van der Waals surface area (Å²) in [6.07, 6.45) is 2.07. The van der Waals surface area contributed by atoms with Gasteiger partial charge in [-0.3, -0.25) is 14.1 Å². The van der Waals surface area contributed by atoms with E-state index in [0.717, 1.165) is 16.8 Å². The van der Waals surface area contributed by atoms with Crippen molar-refractivity contribution in [2.45, 2.75) is 13.1 Å². The summed E-state index contributed by atoms with van der Waals surface area (Å²) >= 11 is 0. The number of methoxy groups -OCH3 is 1. The number of benzene rings is 3. The lowest BCUT2D eigenvalue weighted by atomic mass is 10.0. The molecule has 2 N–H and O–H groups in total. The Bertz CT molecular complexity index is 1930. The van der Waals surface area contributed by atoms with Gasteiger partial charge in [-0.25, -0.2) is 27.2 Å². The maximum absolute atomic E-state index is 15.5. The van der Waals surface area contributed by atoms with Crippen molar-refractivity contribution >= 4 is 17.6 Å². The summed E-state index contributed by atoms with van der Waals surface area (Å²) in [5.41, 5.74) is -0.428. The molecule has 45 heavy (non-hydrogen) atoms. The molecule has 3 aromatic carbocycles. The molecule has 0 radical (unpaired) electrons. The van der Waals surface area contributed by atoms with E-state index in [4.69, 9.17) is 4.74 Å². The molecule has 2 aromatic heterocycles. The fourth-order valence-corrected chi connectivity index (χ4v) is 4.91. The Morgan fingerprint density at radius 1 is 0.911 bits per heavy atom. The van der Waals surface area contributed by atoms with Crippen LogP contribution in [-0.4, -0.2) is 60.4 Å². The van der Waals surface area contributed by atoms with Gasteiger partial charge in [0.05, 0.1) is 19.3 Å². The molecule has 5 aromatic rings. The Balaban J connectivity index is 0.00000148. The molecule has 10 nitrogen and oxygen atoms in total. The van der Waals surface area contributed by atoms with E-state index in [1.54, 1.807) is 38.4 Å². The van der Waals surface area contributed by atoms with Crippen LogP contribution in [0, 0.1) is 17.5 Å². The second-order valence-corrected chi connectivity index (χ2v) is 10.3. The number of hydrogen-bond acceptors (Lipinski definition) is 6. The van der Waals surface area contributed by atoms with E-state index in [1.165, 1.54) is 42.1 Å². The van der Waals surface area contributed by atoms with Gasteiger partial charge in [0.2, 0.25) is 6.41 Å². The average molecular weight is 623 g/mol. The number of aromatic nitrogens is 3. The Hall–Kier alpha value is -5.14. The standard InChI is InChI=1S/C30H26F3N5O4.C2H7N/c1-35(2)14-21-20(18-10-12-19(13-11-18)34-17-39)15-36-28(21)29(40)38(25-8-5-9-26(42-3)27(25)33)30(41)37(36)16-22-23(31)6-4-7-24(22)32;1-3-2/h4-13,15,17H,14,16H2,1-3H3,(H,34,39);3H,1-2H3. The van der Waals surface area contributed by atoms with Gasteiger partial charge < -0.3 is 20.3 Å². The number of rotatable bonds is 9. The van der Waals surface area contributed by atoms with Crippen molar-refractivity contribution in [1.82, 2.24) is 24.0 Å². The number of carbonyl (C=O) groups excluding carboxylic acids is 1. The van der Waals surface area contributed by atoms with Crippen LogP contribution in [0.15, 0.2) is 76.4 Å². The van der Waals surface area contributed by atoms with Crippen LogP contribution in [0.1, 0.15) is 11.1 Å². The first-order valence-electron chi connectivity index (χ1n) is 13.8. The molecule has 0 atom stereocenters. The van der Waals surface area contributed by atoms with Gasteiger partial charge >= 0.3 is 5.69 Å². The molecule has 0 saturated carbocycles. The second kappa shape index (κ2) is 14.1. The number of nitrogens with one attached hydrogen (secondary N) is 2. The first-order chi connectivity index (χ1) is 21.6. The zero-order chi connectivity index (χ0) is 32.8.